The summed E-state index contributed by atoms with van der Waals surface area (Å²) >= 11 is 0. The highest BCUT2D eigenvalue weighted by molar-refractivity contribution is 4.82. The number of hydrogen-bond donors (Lipinski definition) is 2. The van der Waals surface area contributed by atoms with Gasteiger partial charge >= 0.3 is 0 Å². The van der Waals surface area contributed by atoms with E-state index in [4.69, 9.17) is 5.11 Å². The third-order valence-corrected chi connectivity index (χ3v) is 1.21. The molecule has 0 aliphatic carbocycles. The fraction of sp³-hybridized carbons (Fsp3) is 1.00. The van der Waals surface area contributed by atoms with Crippen molar-refractivity contribution in [1.82, 2.24) is 5.32 Å². The molecule has 0 atom stereocenters. The second kappa shape index (κ2) is 3.05. The van der Waals surface area contributed by atoms with Crippen LogP contribution in [0.15, 0.2) is 0 Å². The maximum Gasteiger partial charge on any atom is 0.0319 e. The molecule has 2 N–H and O–H groups in total. The van der Waals surface area contributed by atoms with Crippen molar-refractivity contribution in [3.8, 4) is 0 Å². The van der Waals surface area contributed by atoms with E-state index in [2.05, 4.69) is 19.2 Å². The van der Waals surface area contributed by atoms with Crippen LogP contribution in [0.5, 0.6) is 0 Å². The summed E-state index contributed by atoms with van der Waals surface area (Å²) in [5.74, 6) is 0. The van der Waals surface area contributed by atoms with Gasteiger partial charge in [-0.05, 0) is 5.41 Å². The predicted octanol–water partition coefficient (Wildman–Crippen LogP) is 0.224. The molecule has 0 radical (unpaired) electrons. The van der Waals surface area contributed by atoms with Gasteiger partial charge in [-0.15, -0.1) is 0 Å². The largest absolute Gasteiger partial charge is 0.400 e. The smallest absolute Gasteiger partial charge is 0.0319 e. The monoisotopic (exact) mass is 117 g/mol. The lowest BCUT2D eigenvalue weighted by Gasteiger charge is -2.35. The first-order chi connectivity index (χ1) is 3.71. The van der Waals surface area contributed by atoms with Crippen LogP contribution in [-0.4, -0.2) is 25.3 Å². The van der Waals surface area contributed by atoms with E-state index < -0.39 is 0 Å². The molecule has 1 fully saturated rings. The van der Waals surface area contributed by atoms with Crippen molar-refractivity contribution in [2.24, 2.45) is 5.41 Å². The summed E-state index contributed by atoms with van der Waals surface area (Å²) in [4.78, 5) is 0. The Hall–Kier alpha value is -0.0800. The minimum atomic E-state index is 0.611. The maximum atomic E-state index is 7.00. The number of rotatable bonds is 0. The molecule has 2 heteroatoms. The van der Waals surface area contributed by atoms with E-state index in [1.54, 1.807) is 0 Å². The van der Waals surface area contributed by atoms with E-state index in [0.29, 0.717) is 5.41 Å². The van der Waals surface area contributed by atoms with Gasteiger partial charge in [-0.25, -0.2) is 0 Å². The van der Waals surface area contributed by atoms with Gasteiger partial charge in [0.15, 0.2) is 0 Å². The number of aliphatic hydroxyl groups is 1. The SMILES string of the molecule is CC1(C)CNC1.CO. The van der Waals surface area contributed by atoms with Crippen LogP contribution < -0.4 is 5.32 Å². The lowest BCUT2D eigenvalue weighted by Crippen LogP contribution is -2.49. The van der Waals surface area contributed by atoms with Crippen molar-refractivity contribution in [2.75, 3.05) is 20.2 Å². The lowest BCUT2D eigenvalue weighted by molar-refractivity contribution is 0.226. The summed E-state index contributed by atoms with van der Waals surface area (Å²) in [6.07, 6.45) is 0. The van der Waals surface area contributed by atoms with Gasteiger partial charge in [0.2, 0.25) is 0 Å². The quantitative estimate of drug-likeness (QED) is 0.476. The second-order valence-corrected chi connectivity index (χ2v) is 2.77. The van der Waals surface area contributed by atoms with Crippen molar-refractivity contribution < 1.29 is 5.11 Å². The number of hydrogen-bond acceptors (Lipinski definition) is 2. The zero-order chi connectivity index (χ0) is 6.62. The van der Waals surface area contributed by atoms with Crippen molar-refractivity contribution >= 4 is 0 Å². The van der Waals surface area contributed by atoms with Crippen molar-refractivity contribution in [3.63, 3.8) is 0 Å². The van der Waals surface area contributed by atoms with Crippen molar-refractivity contribution in [1.29, 1.82) is 0 Å². The third-order valence-electron chi connectivity index (χ3n) is 1.21. The van der Waals surface area contributed by atoms with E-state index in [0.717, 1.165) is 7.11 Å². The molecule has 50 valence electrons. The Bertz CT molecular complexity index is 55.5. The van der Waals surface area contributed by atoms with E-state index in [1.165, 1.54) is 13.1 Å². The molecule has 0 unspecified atom stereocenters. The fourth-order valence-corrected chi connectivity index (χ4v) is 0.625. The molecule has 2 nitrogen and oxygen atoms in total. The van der Waals surface area contributed by atoms with Crippen LogP contribution in [0, 0.1) is 5.41 Å². The van der Waals surface area contributed by atoms with Crippen molar-refractivity contribution in [2.45, 2.75) is 13.8 Å². The second-order valence-electron chi connectivity index (χ2n) is 2.77. The van der Waals surface area contributed by atoms with Gasteiger partial charge in [0.25, 0.3) is 0 Å². The Kier molecular flexibility index (Phi) is 3.02. The zero-order valence-corrected chi connectivity index (χ0v) is 5.86. The summed E-state index contributed by atoms with van der Waals surface area (Å²) in [7, 11) is 1.00. The third kappa shape index (κ3) is 2.28. The molecule has 8 heavy (non-hydrogen) atoms. The first-order valence-electron chi connectivity index (χ1n) is 2.86. The summed E-state index contributed by atoms with van der Waals surface area (Å²) < 4.78 is 0. The van der Waals surface area contributed by atoms with Gasteiger partial charge in [0.1, 0.15) is 0 Å². The molecule has 0 aromatic heterocycles. The molecule has 0 saturated carbocycles. The highest BCUT2D eigenvalue weighted by atomic mass is 16.2. The van der Waals surface area contributed by atoms with Gasteiger partial charge in [-0.2, -0.15) is 0 Å². The van der Waals surface area contributed by atoms with E-state index in [9.17, 15) is 0 Å². The van der Waals surface area contributed by atoms with Crippen LogP contribution in [0.3, 0.4) is 0 Å². The molecule has 1 saturated heterocycles. The Morgan fingerprint density at radius 2 is 1.50 bits per heavy atom. The minimum absolute atomic E-state index is 0.611. The molecule has 1 aliphatic rings. The van der Waals surface area contributed by atoms with E-state index >= 15 is 0 Å². The van der Waals surface area contributed by atoms with E-state index in [-0.39, 0.29) is 0 Å². The first kappa shape index (κ1) is 7.92. The molecule has 0 spiro atoms. The molecule has 0 aromatic carbocycles. The average molecular weight is 117 g/mol. The van der Waals surface area contributed by atoms with Crippen LogP contribution in [-0.2, 0) is 0 Å². The summed E-state index contributed by atoms with van der Waals surface area (Å²) in [6, 6.07) is 0. The Labute approximate surface area is 50.9 Å². The molecule has 1 aliphatic heterocycles. The highest BCUT2D eigenvalue weighted by Crippen LogP contribution is 2.18. The zero-order valence-electron chi connectivity index (χ0n) is 5.86. The Morgan fingerprint density at radius 3 is 1.50 bits per heavy atom. The summed E-state index contributed by atoms with van der Waals surface area (Å²) in [5.41, 5.74) is 0.611. The number of nitrogens with one attached hydrogen (secondary N) is 1. The molecule has 1 rings (SSSR count). The molecular weight excluding hydrogens is 102 g/mol. The van der Waals surface area contributed by atoms with Crippen LogP contribution in [0.2, 0.25) is 0 Å². The lowest BCUT2D eigenvalue weighted by atomic mass is 9.87. The fourth-order valence-electron chi connectivity index (χ4n) is 0.625. The molecule has 0 amide bonds. The van der Waals surface area contributed by atoms with Crippen LogP contribution in [0.25, 0.3) is 0 Å². The highest BCUT2D eigenvalue weighted by Gasteiger charge is 2.24. The average Bonchev–Trinajstić information content (AvgIpc) is 1.69. The van der Waals surface area contributed by atoms with Crippen molar-refractivity contribution in [3.05, 3.63) is 0 Å². The van der Waals surface area contributed by atoms with Crippen LogP contribution in [0.4, 0.5) is 0 Å². The van der Waals surface area contributed by atoms with Gasteiger partial charge in [0, 0.05) is 20.2 Å². The first-order valence-corrected chi connectivity index (χ1v) is 2.86. The topological polar surface area (TPSA) is 32.3 Å². The Morgan fingerprint density at radius 1 is 1.25 bits per heavy atom. The molecule has 0 bridgehead atoms. The van der Waals surface area contributed by atoms with Gasteiger partial charge in [-0.3, -0.25) is 0 Å². The summed E-state index contributed by atoms with van der Waals surface area (Å²) in [5, 5.41) is 10.2. The standard InChI is InChI=1S/C5H11N.CH4O/c1-5(2)3-6-4-5;1-2/h6H,3-4H2,1-2H3;2H,1H3. The predicted molar refractivity (Wildman–Crippen MR) is 34.8 cm³/mol. The van der Waals surface area contributed by atoms with Crippen LogP contribution >= 0.6 is 0 Å². The maximum absolute atomic E-state index is 7.00. The molecule has 0 aromatic rings. The summed E-state index contributed by atoms with van der Waals surface area (Å²) in [6.45, 7) is 6.94. The normalized spacial score (nSPS) is 22.5. The van der Waals surface area contributed by atoms with E-state index in [1.807, 2.05) is 0 Å². The Balaban J connectivity index is 0.000000222. The minimum Gasteiger partial charge on any atom is -0.400 e. The van der Waals surface area contributed by atoms with Crippen LogP contribution in [0.1, 0.15) is 13.8 Å². The molecular formula is C6H15NO. The number of aliphatic hydroxyl groups excluding tert-OH is 1. The molecule has 1 heterocycles. The van der Waals surface area contributed by atoms with Gasteiger partial charge in [0.05, 0.1) is 0 Å². The van der Waals surface area contributed by atoms with Gasteiger partial charge in [-0.1, -0.05) is 13.8 Å². The van der Waals surface area contributed by atoms with Gasteiger partial charge < -0.3 is 10.4 Å².